The molecule has 0 radical (unpaired) electrons. The normalized spacial score (nSPS) is 12.3. The number of amides is 6. The Balaban J connectivity index is 0.000000457. The van der Waals surface area contributed by atoms with Gasteiger partial charge >= 0.3 is 24.3 Å². The van der Waals surface area contributed by atoms with Crippen molar-refractivity contribution in [3.8, 4) is 0 Å². The Morgan fingerprint density at radius 3 is 1.11 bits per heavy atom. The highest BCUT2D eigenvalue weighted by Gasteiger charge is 2.33. The van der Waals surface area contributed by atoms with Crippen LogP contribution in [0, 0.1) is 5.92 Å². The highest BCUT2D eigenvalue weighted by molar-refractivity contribution is 15.0. The highest BCUT2D eigenvalue weighted by Crippen LogP contribution is 2.24. The first-order valence-electron chi connectivity index (χ1n) is 37.8. The smallest absolute Gasteiger partial charge is 0.407 e. The summed E-state index contributed by atoms with van der Waals surface area (Å²) in [6.45, 7) is 8.92. The second kappa shape index (κ2) is 60.7. The first-order valence-corrected chi connectivity index (χ1v) is 49.7. The molecule has 0 spiro atoms. The molecule has 10 rings (SSSR count). The van der Waals surface area contributed by atoms with Gasteiger partial charge in [-0.25, -0.2) is 39.1 Å². The zero-order chi connectivity index (χ0) is 81.4. The average molecular weight is 2110 g/mol. The lowest BCUT2D eigenvalue weighted by Crippen LogP contribution is -2.55. The van der Waals surface area contributed by atoms with E-state index in [9.17, 15) is 24.0 Å². The number of alkyl halides is 1. The van der Waals surface area contributed by atoms with E-state index in [0.717, 1.165) is 88.2 Å². The second-order valence-corrected chi connectivity index (χ2v) is 31.4. The number of thiazole rings is 4. The quantitative estimate of drug-likeness (QED) is 0.0120. The lowest BCUT2D eigenvalue weighted by molar-refractivity contribution is -0.135. The van der Waals surface area contributed by atoms with Crippen molar-refractivity contribution in [1.82, 2.24) is 56.3 Å². The minimum Gasteiger partial charge on any atom is -0.442 e. The van der Waals surface area contributed by atoms with Crippen LogP contribution in [0.2, 0.25) is 0 Å². The van der Waals surface area contributed by atoms with Gasteiger partial charge in [-0.1, -0.05) is 247 Å². The molecule has 4 heterocycles. The van der Waals surface area contributed by atoms with E-state index in [0.29, 0.717) is 44.2 Å². The van der Waals surface area contributed by atoms with E-state index in [-0.39, 0.29) is 107 Å². The number of nitrogens with one attached hydrogen (secondary N) is 5. The molecule has 0 saturated heterocycles. The molecule has 0 aliphatic rings. The Labute approximate surface area is 759 Å². The number of rotatable bonds is 38. The van der Waals surface area contributed by atoms with Crippen LogP contribution in [-0.2, 0) is 83.9 Å². The van der Waals surface area contributed by atoms with Crippen LogP contribution in [0.25, 0.3) is 0 Å². The largest absolute Gasteiger partial charge is 0.442 e. The molecule has 7 N–H and O–H groups in total. The molecule has 630 valence electrons. The average Bonchev–Trinajstić information content (AvgIpc) is 0.840. The third-order valence-electron chi connectivity index (χ3n) is 18.3. The number of carbonyl (C=O) groups is 5. The third-order valence-corrected chi connectivity index (χ3v) is 21.7. The number of ether oxygens (including phenoxy) is 3. The molecule has 0 bridgehead atoms. The highest BCUT2D eigenvalue weighted by atomic mass is 128. The number of hydrogen-bond acceptors (Lipinski definition) is 18. The number of benzene rings is 6. The molecule has 6 amide bonds. The van der Waals surface area contributed by atoms with Gasteiger partial charge in [-0.15, -0.1) is 69.3 Å². The lowest BCUT2D eigenvalue weighted by Gasteiger charge is -2.34. The minimum atomic E-state index is -0.728. The fourth-order valence-corrected chi connectivity index (χ4v) is 14.7. The maximum atomic E-state index is 14.2. The summed E-state index contributed by atoms with van der Waals surface area (Å²) in [7, 11) is 5.52. The van der Waals surface area contributed by atoms with Gasteiger partial charge in [0.2, 0.25) is 5.91 Å². The molecular formula is C88H118I4N12O8S4. The van der Waals surface area contributed by atoms with Gasteiger partial charge in [0.15, 0.2) is 0 Å². The van der Waals surface area contributed by atoms with Gasteiger partial charge in [0.25, 0.3) is 0 Å². The molecule has 6 aromatic carbocycles. The molecule has 0 aliphatic carbocycles. The number of alkyl carbamates (subject to hydrolysis) is 3. The molecule has 0 aliphatic heterocycles. The van der Waals surface area contributed by atoms with Gasteiger partial charge in [0.05, 0.1) is 17.2 Å². The van der Waals surface area contributed by atoms with E-state index in [2.05, 4.69) is 193 Å². The molecule has 10 aromatic rings. The summed E-state index contributed by atoms with van der Waals surface area (Å²) < 4.78 is 16.2. The van der Waals surface area contributed by atoms with Gasteiger partial charge in [-0.05, 0) is 128 Å². The summed E-state index contributed by atoms with van der Waals surface area (Å²) in [5, 5.41) is 26.5. The number of nitrogens with two attached hydrogens (primary N) is 1. The van der Waals surface area contributed by atoms with E-state index in [1.54, 1.807) is 46.8 Å². The fourth-order valence-electron chi connectivity index (χ4n) is 12.3. The minimum absolute atomic E-state index is 0. The van der Waals surface area contributed by atoms with Crippen molar-refractivity contribution < 1.29 is 38.2 Å². The monoisotopic (exact) mass is 2110 g/mol. The SMILES string of the molecule is C.C.CC(C)c1nc(CN(C)C(=O)N[C@H](C(=O)N(C)[C@H](CC[C@H](Cc2ccccc2)NC(=O)OCc2nccs2)Cc2ccccc2)C(C)C)cs1.CI.CN[C@H](CC[C@H](Cc1ccccc1)NC(=O)OCc1nccs1)Cc1ccccc1.I.II.N[C@H](CC[C@H](Cc1ccccc1)NC(=O)OCc1nccs1)Cc1ccccc1. The fraction of sp³-hybridized carbons (Fsp3) is 0.398. The van der Waals surface area contributed by atoms with Gasteiger partial charge in [-0.3, -0.25) is 4.79 Å². The molecule has 20 nitrogen and oxygen atoms in total. The van der Waals surface area contributed by atoms with E-state index >= 15 is 0 Å². The summed E-state index contributed by atoms with van der Waals surface area (Å²) in [5.74, 6) is 0.0165. The van der Waals surface area contributed by atoms with Crippen molar-refractivity contribution in [3.05, 3.63) is 281 Å². The molecule has 4 aromatic heterocycles. The van der Waals surface area contributed by atoms with Crippen molar-refractivity contribution in [2.24, 2.45) is 11.7 Å². The summed E-state index contributed by atoms with van der Waals surface area (Å²) in [6.07, 6.45) is 12.9. The van der Waals surface area contributed by atoms with Crippen LogP contribution in [0.15, 0.2) is 222 Å². The van der Waals surface area contributed by atoms with E-state index in [4.69, 9.17) is 19.9 Å². The van der Waals surface area contributed by atoms with E-state index < -0.39 is 24.3 Å². The number of urea groups is 1. The summed E-state index contributed by atoms with van der Waals surface area (Å²) in [5.41, 5.74) is 14.3. The van der Waals surface area contributed by atoms with Crippen molar-refractivity contribution in [2.75, 3.05) is 26.1 Å². The van der Waals surface area contributed by atoms with Crippen LogP contribution in [0.4, 0.5) is 19.2 Å². The zero-order valence-corrected chi connectivity index (χ0v) is 78.1. The topological polar surface area (TPSA) is 257 Å². The Bertz CT molecular complexity index is 4160. The van der Waals surface area contributed by atoms with Crippen LogP contribution in [0.3, 0.4) is 0 Å². The van der Waals surface area contributed by atoms with Crippen LogP contribution < -0.4 is 32.3 Å². The van der Waals surface area contributed by atoms with Crippen LogP contribution in [0.5, 0.6) is 0 Å². The number of nitrogens with zero attached hydrogens (tertiary/aromatic N) is 6. The molecule has 28 heteroatoms. The summed E-state index contributed by atoms with van der Waals surface area (Å²) in [6, 6.07) is 60.1. The van der Waals surface area contributed by atoms with Crippen molar-refractivity contribution in [2.45, 2.75) is 194 Å². The third kappa shape index (κ3) is 41.3. The molecule has 0 saturated carbocycles. The second-order valence-electron chi connectivity index (χ2n) is 27.6. The molecule has 116 heavy (non-hydrogen) atoms. The zero-order valence-electron chi connectivity index (χ0n) is 66.1. The van der Waals surface area contributed by atoms with Crippen molar-refractivity contribution in [3.63, 3.8) is 0 Å². The van der Waals surface area contributed by atoms with E-state index in [1.807, 2.05) is 164 Å². The maximum absolute atomic E-state index is 14.2. The number of likely N-dealkylation sites (N-methyl/N-ethyl adjacent to an activating group) is 2. The van der Waals surface area contributed by atoms with Gasteiger partial charge < -0.3 is 56.3 Å². The Kier molecular flexibility index (Phi) is 54.1. The predicted octanol–water partition coefficient (Wildman–Crippen LogP) is 20.9. The lowest BCUT2D eigenvalue weighted by atomic mass is 9.94. The Hall–Kier alpha value is -6.77. The first kappa shape index (κ1) is 103. The summed E-state index contributed by atoms with van der Waals surface area (Å²) >= 11 is 12.4. The Morgan fingerprint density at radius 1 is 0.457 bits per heavy atom. The van der Waals surface area contributed by atoms with Gasteiger partial charge in [0, 0.05) is 134 Å². The first-order chi connectivity index (χ1) is 54.9. The van der Waals surface area contributed by atoms with Crippen LogP contribution in [0.1, 0.15) is 146 Å². The Morgan fingerprint density at radius 2 is 0.784 bits per heavy atom. The molecule has 0 fully saturated rings. The van der Waals surface area contributed by atoms with Crippen molar-refractivity contribution in [1.29, 1.82) is 0 Å². The predicted molar refractivity (Wildman–Crippen MR) is 515 cm³/mol. The number of halogens is 4. The van der Waals surface area contributed by atoms with Gasteiger partial charge in [-0.2, -0.15) is 0 Å². The van der Waals surface area contributed by atoms with E-state index in [1.165, 1.54) is 56.3 Å². The number of carbonyl (C=O) groups excluding carboxylic acids is 5. The molecular weight excluding hydrogens is 1990 g/mol. The van der Waals surface area contributed by atoms with Crippen LogP contribution >= 0.6 is 129 Å². The number of aromatic nitrogens is 4. The van der Waals surface area contributed by atoms with Gasteiger partial charge in [0.1, 0.15) is 40.9 Å². The van der Waals surface area contributed by atoms with Crippen LogP contribution in [-0.4, -0.2) is 128 Å². The number of hydrogen-bond donors (Lipinski definition) is 6. The molecule has 7 atom stereocenters. The standard InChI is InChI=1S/C38H50N6O4S2.C24H29N3O2S.C23H27N3O2S.CH3I.2CH4.I2.HI/c1-26(2)34(42-37(46)43(5)23-31-25-50-35(40-31)27(3)4)36(45)44(6)32(22-29-15-11-8-12-16-29)18-17-30(21-28-13-9-7-10-14-28)41-38(47)48-24-33-39-19-20-49-33;1-25-21(16-19-8-4-2-5-9-19)12-13-22(17-20-10-6-3-7-11-20)27-24(28)29-18-23-26-14-15-30-23;24-20(15-18-7-3-1-4-8-18)11-12-21(16-19-9-5-2-6-10-19)26-23(27)28-17-22-25-13-14-29-22;1-2;;;1-2;/h7-16,19-20,25-27,30,32,34H,17-18,21-24H2,1-6H3,(H,41,47)(H,42,46);2-11,14-15,21-22,25H,12-13,16-18H2,1H3,(H,27,28);1-10,13-14,20-21H,11-12,15-17,24H2,(H,26,27);1H3;2*1H4;;1H/t30-,32-,34+;21-,22-;20-,21-;;;;;/m111...../s1. The maximum Gasteiger partial charge on any atom is 0.407 e. The molecule has 0 unspecified atom stereocenters. The van der Waals surface area contributed by atoms with Crippen molar-refractivity contribution >= 4 is 159 Å². The summed E-state index contributed by atoms with van der Waals surface area (Å²) in [4.78, 5) is 87.6.